The highest BCUT2D eigenvalue weighted by Crippen LogP contribution is 2.19. The first kappa shape index (κ1) is 16.0. The Balaban J connectivity index is 2.26. The summed E-state index contributed by atoms with van der Waals surface area (Å²) in [6, 6.07) is 15.1. The van der Waals surface area contributed by atoms with Crippen molar-refractivity contribution in [2.24, 2.45) is 0 Å². The molecule has 22 heavy (non-hydrogen) atoms. The summed E-state index contributed by atoms with van der Waals surface area (Å²) < 4.78 is 0.897. The predicted octanol–water partition coefficient (Wildman–Crippen LogP) is 4.61. The monoisotopic (exact) mass is 354 g/mol. The molecule has 0 spiro atoms. The maximum Gasteiger partial charge on any atom is 0.266 e. The minimum atomic E-state index is -0.406. The van der Waals surface area contributed by atoms with E-state index in [2.05, 4.69) is 21.2 Å². The Morgan fingerprint density at radius 3 is 2.64 bits per heavy atom. The van der Waals surface area contributed by atoms with Crippen molar-refractivity contribution in [3.63, 3.8) is 0 Å². The fraction of sp³-hybridized carbons (Fsp3) is 0.111. The van der Waals surface area contributed by atoms with Gasteiger partial charge in [-0.15, -0.1) is 0 Å². The third-order valence-electron chi connectivity index (χ3n) is 3.38. The summed E-state index contributed by atoms with van der Waals surface area (Å²) in [6.45, 7) is 3.92. The first-order valence-corrected chi connectivity index (χ1v) is 7.55. The summed E-state index contributed by atoms with van der Waals surface area (Å²) in [6.07, 6.45) is 1.57. The fourth-order valence-electron chi connectivity index (χ4n) is 1.99. The zero-order valence-corrected chi connectivity index (χ0v) is 13.9. The summed E-state index contributed by atoms with van der Waals surface area (Å²) in [5.41, 5.74) is 3.67. The van der Waals surface area contributed by atoms with Crippen LogP contribution in [0.4, 0.5) is 5.69 Å². The molecule has 4 heteroatoms. The molecule has 1 N–H and O–H groups in total. The van der Waals surface area contributed by atoms with Gasteiger partial charge in [0.15, 0.2) is 0 Å². The van der Waals surface area contributed by atoms with Crippen molar-refractivity contribution in [2.45, 2.75) is 13.8 Å². The summed E-state index contributed by atoms with van der Waals surface area (Å²) in [5, 5.41) is 12.0. The maximum absolute atomic E-state index is 12.3. The summed E-state index contributed by atoms with van der Waals surface area (Å²) >= 11 is 3.37. The van der Waals surface area contributed by atoms with Crippen molar-refractivity contribution >= 4 is 33.6 Å². The maximum atomic E-state index is 12.3. The number of nitrogens with one attached hydrogen (secondary N) is 1. The van der Waals surface area contributed by atoms with E-state index in [1.54, 1.807) is 6.08 Å². The molecule has 0 fully saturated rings. The van der Waals surface area contributed by atoms with Crippen LogP contribution in [0.2, 0.25) is 0 Å². The van der Waals surface area contributed by atoms with Gasteiger partial charge in [0.1, 0.15) is 11.6 Å². The minimum Gasteiger partial charge on any atom is -0.321 e. The number of aryl methyl sites for hydroxylation is 1. The van der Waals surface area contributed by atoms with Crippen molar-refractivity contribution < 1.29 is 4.79 Å². The molecule has 2 aromatic rings. The van der Waals surface area contributed by atoms with Crippen LogP contribution in [0.3, 0.4) is 0 Å². The molecule has 0 heterocycles. The van der Waals surface area contributed by atoms with Crippen LogP contribution < -0.4 is 5.32 Å². The highest BCUT2D eigenvalue weighted by molar-refractivity contribution is 9.10. The molecule has 0 aliphatic carbocycles. The van der Waals surface area contributed by atoms with E-state index in [1.165, 1.54) is 0 Å². The Bertz CT molecular complexity index is 788. The number of halogens is 1. The lowest BCUT2D eigenvalue weighted by Gasteiger charge is -2.09. The number of hydrogen-bond acceptors (Lipinski definition) is 2. The van der Waals surface area contributed by atoms with Crippen molar-refractivity contribution in [1.29, 1.82) is 5.26 Å². The Morgan fingerprint density at radius 2 is 1.95 bits per heavy atom. The molecule has 0 saturated carbocycles. The Labute approximate surface area is 138 Å². The average Bonchev–Trinajstić information content (AvgIpc) is 2.49. The molecule has 0 aliphatic heterocycles. The fourth-order valence-corrected chi connectivity index (χ4v) is 2.40. The number of nitrogens with zero attached hydrogens (tertiary/aromatic N) is 1. The van der Waals surface area contributed by atoms with E-state index in [4.69, 9.17) is 0 Å². The van der Waals surface area contributed by atoms with Gasteiger partial charge in [-0.05, 0) is 54.8 Å². The molecule has 0 bridgehead atoms. The van der Waals surface area contributed by atoms with Crippen LogP contribution in [0.5, 0.6) is 0 Å². The normalized spacial score (nSPS) is 10.9. The second kappa shape index (κ2) is 7.06. The van der Waals surface area contributed by atoms with Gasteiger partial charge in [0, 0.05) is 10.2 Å². The zero-order valence-electron chi connectivity index (χ0n) is 12.4. The highest BCUT2D eigenvalue weighted by Gasteiger charge is 2.11. The summed E-state index contributed by atoms with van der Waals surface area (Å²) in [4.78, 5) is 12.3. The number of benzene rings is 2. The van der Waals surface area contributed by atoms with Crippen molar-refractivity contribution in [3.8, 4) is 6.07 Å². The van der Waals surface area contributed by atoms with Crippen LogP contribution >= 0.6 is 15.9 Å². The van der Waals surface area contributed by atoms with Crippen LogP contribution in [-0.4, -0.2) is 5.91 Å². The molecule has 0 radical (unpaired) electrons. The number of nitriles is 1. The molecular weight excluding hydrogens is 340 g/mol. The van der Waals surface area contributed by atoms with E-state index in [0.29, 0.717) is 0 Å². The topological polar surface area (TPSA) is 52.9 Å². The van der Waals surface area contributed by atoms with Gasteiger partial charge in [-0.3, -0.25) is 4.79 Å². The first-order chi connectivity index (χ1) is 10.5. The highest BCUT2D eigenvalue weighted by atomic mass is 79.9. The molecule has 0 saturated heterocycles. The number of rotatable bonds is 3. The lowest BCUT2D eigenvalue weighted by molar-refractivity contribution is -0.112. The van der Waals surface area contributed by atoms with Crippen LogP contribution in [0.1, 0.15) is 16.7 Å². The number of carbonyl (C=O) groups is 1. The van der Waals surface area contributed by atoms with Crippen LogP contribution in [-0.2, 0) is 4.79 Å². The second-order valence-electron chi connectivity index (χ2n) is 4.93. The number of hydrogen-bond donors (Lipinski definition) is 1. The third-order valence-corrected chi connectivity index (χ3v) is 3.87. The lowest BCUT2D eigenvalue weighted by Crippen LogP contribution is -2.14. The zero-order chi connectivity index (χ0) is 16.1. The number of anilines is 1. The van der Waals surface area contributed by atoms with Gasteiger partial charge in [-0.25, -0.2) is 0 Å². The number of amides is 1. The van der Waals surface area contributed by atoms with E-state index < -0.39 is 5.91 Å². The molecule has 2 aromatic carbocycles. The molecule has 0 aromatic heterocycles. The molecule has 2 rings (SSSR count). The smallest absolute Gasteiger partial charge is 0.266 e. The van der Waals surface area contributed by atoms with E-state index in [-0.39, 0.29) is 5.57 Å². The van der Waals surface area contributed by atoms with E-state index in [0.717, 1.165) is 26.9 Å². The molecule has 110 valence electrons. The standard InChI is InChI=1S/C18H15BrN2O/c1-12-5-3-8-17(13(12)2)21-18(22)15(11-20)9-14-6-4-7-16(19)10-14/h3-10H,1-2H3,(H,21,22)/b15-9+. The third kappa shape index (κ3) is 3.84. The molecule has 0 aliphatic rings. The minimum absolute atomic E-state index is 0.0685. The summed E-state index contributed by atoms with van der Waals surface area (Å²) in [5.74, 6) is -0.406. The van der Waals surface area contributed by atoms with E-state index in [9.17, 15) is 10.1 Å². The van der Waals surface area contributed by atoms with Gasteiger partial charge >= 0.3 is 0 Å². The largest absolute Gasteiger partial charge is 0.321 e. The average molecular weight is 355 g/mol. The Hall–Kier alpha value is -2.38. The van der Waals surface area contributed by atoms with Crippen LogP contribution in [0.15, 0.2) is 52.5 Å². The van der Waals surface area contributed by atoms with Gasteiger partial charge in [0.25, 0.3) is 5.91 Å². The Morgan fingerprint density at radius 1 is 1.23 bits per heavy atom. The molecular formula is C18H15BrN2O. The SMILES string of the molecule is Cc1cccc(NC(=O)/C(C#N)=C/c2cccc(Br)c2)c1C. The van der Waals surface area contributed by atoms with Gasteiger partial charge in [0.2, 0.25) is 0 Å². The molecule has 3 nitrogen and oxygen atoms in total. The molecule has 0 unspecified atom stereocenters. The Kier molecular flexibility index (Phi) is 5.13. The van der Waals surface area contributed by atoms with Crippen LogP contribution in [0, 0.1) is 25.2 Å². The molecule has 1 amide bonds. The lowest BCUT2D eigenvalue weighted by atomic mass is 10.1. The van der Waals surface area contributed by atoms with Gasteiger partial charge in [-0.1, -0.05) is 40.2 Å². The van der Waals surface area contributed by atoms with Gasteiger partial charge in [0.05, 0.1) is 0 Å². The summed E-state index contributed by atoms with van der Waals surface area (Å²) in [7, 11) is 0. The molecule has 0 atom stereocenters. The van der Waals surface area contributed by atoms with Crippen molar-refractivity contribution in [2.75, 3.05) is 5.32 Å². The van der Waals surface area contributed by atoms with Gasteiger partial charge < -0.3 is 5.32 Å². The predicted molar refractivity (Wildman–Crippen MR) is 92.3 cm³/mol. The van der Waals surface area contributed by atoms with Crippen molar-refractivity contribution in [1.82, 2.24) is 0 Å². The van der Waals surface area contributed by atoms with Gasteiger partial charge in [-0.2, -0.15) is 5.26 Å². The first-order valence-electron chi connectivity index (χ1n) is 6.76. The quantitative estimate of drug-likeness (QED) is 0.646. The number of carbonyl (C=O) groups excluding carboxylic acids is 1. The van der Waals surface area contributed by atoms with Crippen molar-refractivity contribution in [3.05, 3.63) is 69.2 Å². The van der Waals surface area contributed by atoms with E-state index >= 15 is 0 Å². The van der Waals surface area contributed by atoms with E-state index in [1.807, 2.05) is 62.4 Å². The van der Waals surface area contributed by atoms with Crippen LogP contribution in [0.25, 0.3) is 6.08 Å². The second-order valence-corrected chi connectivity index (χ2v) is 5.84.